The van der Waals surface area contributed by atoms with Gasteiger partial charge in [-0.25, -0.2) is 9.37 Å². The molecule has 0 amide bonds. The Morgan fingerprint density at radius 1 is 1.28 bits per heavy atom. The Balaban J connectivity index is 1.85. The number of aromatic amines is 1. The summed E-state index contributed by atoms with van der Waals surface area (Å²) in [5.74, 6) is -1.78. The first-order valence-corrected chi connectivity index (χ1v) is 7.99. The van der Waals surface area contributed by atoms with Crippen molar-refractivity contribution in [2.45, 2.75) is 6.42 Å². The second kappa shape index (κ2) is 6.82. The summed E-state index contributed by atoms with van der Waals surface area (Å²) in [6, 6.07) is 3.99. The molecule has 3 aromatic rings. The lowest BCUT2D eigenvalue weighted by Gasteiger charge is -2.04. The zero-order chi connectivity index (χ0) is 18.1. The molecule has 8 heteroatoms. The van der Waals surface area contributed by atoms with Crippen molar-refractivity contribution in [3.63, 3.8) is 0 Å². The van der Waals surface area contributed by atoms with E-state index >= 15 is 0 Å². The van der Waals surface area contributed by atoms with Crippen LogP contribution in [0.3, 0.4) is 0 Å². The third-order valence-corrected chi connectivity index (χ3v) is 4.22. The molecule has 0 saturated heterocycles. The molecular weight excluding hydrogens is 368 g/mol. The molecule has 0 unspecified atom stereocenters. The van der Waals surface area contributed by atoms with E-state index < -0.39 is 11.6 Å². The van der Waals surface area contributed by atoms with Crippen molar-refractivity contribution < 1.29 is 14.0 Å². The number of aryl methyl sites for hydroxylation is 1. The highest BCUT2D eigenvalue weighted by atomic mass is 35.5. The van der Waals surface area contributed by atoms with Crippen molar-refractivity contribution in [1.82, 2.24) is 14.5 Å². The normalized spacial score (nSPS) is 10.9. The maximum atomic E-state index is 14.1. The summed E-state index contributed by atoms with van der Waals surface area (Å²) in [5.41, 5.74) is 0.635. The smallest absolute Gasteiger partial charge is 0.199 e. The molecule has 5 nitrogen and oxygen atoms in total. The molecule has 0 fully saturated rings. The number of benzene rings is 1. The minimum Gasteiger partial charge on any atom is -0.358 e. The zero-order valence-corrected chi connectivity index (χ0v) is 14.5. The number of rotatable bonds is 5. The van der Waals surface area contributed by atoms with Gasteiger partial charge in [0.1, 0.15) is 0 Å². The summed E-state index contributed by atoms with van der Waals surface area (Å²) in [6.45, 7) is 0. The predicted octanol–water partition coefficient (Wildman–Crippen LogP) is 3.85. The largest absolute Gasteiger partial charge is 0.358 e. The van der Waals surface area contributed by atoms with E-state index in [1.165, 1.54) is 24.4 Å². The number of halogens is 3. The number of aromatic nitrogens is 3. The highest BCUT2D eigenvalue weighted by Gasteiger charge is 2.22. The van der Waals surface area contributed by atoms with Gasteiger partial charge in [0.2, 0.25) is 0 Å². The lowest BCUT2D eigenvalue weighted by molar-refractivity contribution is 0.0987. The Labute approximate surface area is 152 Å². The van der Waals surface area contributed by atoms with Crippen molar-refractivity contribution in [2.75, 3.05) is 0 Å². The fourth-order valence-electron chi connectivity index (χ4n) is 2.38. The number of nitrogens with one attached hydrogen (secondary N) is 1. The van der Waals surface area contributed by atoms with Gasteiger partial charge in [-0.1, -0.05) is 23.2 Å². The first-order chi connectivity index (χ1) is 11.9. The van der Waals surface area contributed by atoms with Crippen LogP contribution in [0.1, 0.15) is 32.1 Å². The summed E-state index contributed by atoms with van der Waals surface area (Å²) in [7, 11) is 1.80. The Bertz CT molecular complexity index is 978. The van der Waals surface area contributed by atoms with Gasteiger partial charge in [0.05, 0.1) is 39.7 Å². The van der Waals surface area contributed by atoms with Crippen LogP contribution in [0.15, 0.2) is 36.9 Å². The first-order valence-electron chi connectivity index (χ1n) is 7.23. The average molecular weight is 380 g/mol. The molecule has 2 heterocycles. The molecule has 1 aromatic carbocycles. The molecule has 3 rings (SSSR count). The Morgan fingerprint density at radius 3 is 2.68 bits per heavy atom. The third-order valence-electron chi connectivity index (χ3n) is 3.62. The van der Waals surface area contributed by atoms with E-state index in [4.69, 9.17) is 23.2 Å². The van der Waals surface area contributed by atoms with Crippen molar-refractivity contribution in [3.8, 4) is 0 Å². The number of nitrogens with zero attached hydrogens (tertiary/aromatic N) is 2. The van der Waals surface area contributed by atoms with Crippen molar-refractivity contribution in [2.24, 2.45) is 7.05 Å². The van der Waals surface area contributed by atoms with E-state index in [-0.39, 0.29) is 39.1 Å². The van der Waals surface area contributed by atoms with Crippen LogP contribution in [0.25, 0.3) is 0 Å². The fourth-order valence-corrected chi connectivity index (χ4v) is 2.77. The molecule has 128 valence electrons. The molecule has 0 atom stereocenters. The van der Waals surface area contributed by atoms with E-state index in [0.717, 1.165) is 0 Å². The van der Waals surface area contributed by atoms with E-state index in [1.54, 1.807) is 24.1 Å². The Morgan fingerprint density at radius 2 is 2.00 bits per heavy atom. The van der Waals surface area contributed by atoms with Crippen LogP contribution >= 0.6 is 23.2 Å². The summed E-state index contributed by atoms with van der Waals surface area (Å²) in [6.07, 6.45) is 4.75. The number of carbonyl (C=O) groups is 2. The van der Waals surface area contributed by atoms with E-state index in [0.29, 0.717) is 5.69 Å². The van der Waals surface area contributed by atoms with Crippen LogP contribution in [0.2, 0.25) is 10.0 Å². The second-order valence-electron chi connectivity index (χ2n) is 5.48. The van der Waals surface area contributed by atoms with Gasteiger partial charge in [-0.15, -0.1) is 0 Å². The standard InChI is InChI=1S/C17H12Cl2FN3O2/c1-23-7-10(22-8-23)5-14(24)13-4-9(6-21-13)17(25)15-11(18)2-3-12(19)16(15)20/h2-4,6-8,21H,5H2,1H3. The fraction of sp³-hybridized carbons (Fsp3) is 0.118. The van der Waals surface area contributed by atoms with Gasteiger partial charge in [0.25, 0.3) is 0 Å². The predicted molar refractivity (Wildman–Crippen MR) is 91.9 cm³/mol. The highest BCUT2D eigenvalue weighted by molar-refractivity contribution is 6.37. The van der Waals surface area contributed by atoms with Crippen LogP contribution in [-0.2, 0) is 13.5 Å². The van der Waals surface area contributed by atoms with Gasteiger partial charge >= 0.3 is 0 Å². The van der Waals surface area contributed by atoms with Gasteiger partial charge in [0, 0.05) is 25.0 Å². The molecule has 0 spiro atoms. The quantitative estimate of drug-likeness (QED) is 0.540. The molecule has 25 heavy (non-hydrogen) atoms. The number of carbonyl (C=O) groups excluding carboxylic acids is 2. The molecule has 0 aliphatic heterocycles. The Hall–Kier alpha value is -2.44. The summed E-state index contributed by atoms with van der Waals surface area (Å²) in [4.78, 5) is 31.6. The summed E-state index contributed by atoms with van der Waals surface area (Å²) >= 11 is 11.6. The van der Waals surface area contributed by atoms with Crippen LogP contribution in [0, 0.1) is 5.82 Å². The van der Waals surface area contributed by atoms with Gasteiger partial charge in [-0.05, 0) is 18.2 Å². The minimum absolute atomic E-state index is 0.0468. The molecular formula is C17H12Cl2FN3O2. The van der Waals surface area contributed by atoms with Gasteiger partial charge in [-0.3, -0.25) is 9.59 Å². The number of imidazole rings is 1. The second-order valence-corrected chi connectivity index (χ2v) is 6.29. The molecule has 0 saturated carbocycles. The number of hydrogen-bond acceptors (Lipinski definition) is 3. The Kier molecular flexibility index (Phi) is 4.74. The van der Waals surface area contributed by atoms with E-state index in [1.807, 2.05) is 0 Å². The average Bonchev–Trinajstić information content (AvgIpc) is 3.20. The van der Waals surface area contributed by atoms with Gasteiger partial charge in [0.15, 0.2) is 17.4 Å². The van der Waals surface area contributed by atoms with Crippen molar-refractivity contribution in [1.29, 1.82) is 0 Å². The molecule has 0 aliphatic carbocycles. The maximum absolute atomic E-state index is 14.1. The summed E-state index contributed by atoms with van der Waals surface area (Å²) < 4.78 is 15.9. The third kappa shape index (κ3) is 3.50. The topological polar surface area (TPSA) is 67.8 Å². The lowest BCUT2D eigenvalue weighted by atomic mass is 10.0. The number of H-pyrrole nitrogens is 1. The monoisotopic (exact) mass is 379 g/mol. The van der Waals surface area contributed by atoms with E-state index in [9.17, 15) is 14.0 Å². The minimum atomic E-state index is -0.887. The van der Waals surface area contributed by atoms with Crippen molar-refractivity contribution in [3.05, 3.63) is 75.3 Å². The van der Waals surface area contributed by atoms with Gasteiger partial charge < -0.3 is 9.55 Å². The van der Waals surface area contributed by atoms with Crippen LogP contribution in [0.5, 0.6) is 0 Å². The van der Waals surface area contributed by atoms with Gasteiger partial charge in [-0.2, -0.15) is 0 Å². The lowest BCUT2D eigenvalue weighted by Crippen LogP contribution is -2.06. The number of hydrogen-bond donors (Lipinski definition) is 1. The first kappa shape index (κ1) is 17.4. The highest BCUT2D eigenvalue weighted by Crippen LogP contribution is 2.28. The number of Topliss-reactive ketones (excluding diaryl/α,β-unsaturated/α-hetero) is 1. The molecule has 2 aromatic heterocycles. The molecule has 0 aliphatic rings. The molecule has 0 radical (unpaired) electrons. The molecule has 1 N–H and O–H groups in total. The van der Waals surface area contributed by atoms with Crippen molar-refractivity contribution >= 4 is 34.8 Å². The molecule has 0 bridgehead atoms. The SMILES string of the molecule is Cn1cnc(CC(=O)c2cc(C(=O)c3c(Cl)ccc(Cl)c3F)c[nH]2)c1. The summed E-state index contributed by atoms with van der Waals surface area (Å²) in [5, 5.41) is -0.246. The number of ketones is 2. The van der Waals surface area contributed by atoms with E-state index in [2.05, 4.69) is 9.97 Å². The van der Waals surface area contributed by atoms with Crippen LogP contribution in [0.4, 0.5) is 4.39 Å². The van der Waals surface area contributed by atoms with Crippen LogP contribution in [-0.4, -0.2) is 26.1 Å². The van der Waals surface area contributed by atoms with Crippen LogP contribution < -0.4 is 0 Å². The maximum Gasteiger partial charge on any atom is 0.199 e. The zero-order valence-electron chi connectivity index (χ0n) is 13.0.